The second-order valence-electron chi connectivity index (χ2n) is 1.59. The molecule has 0 unspecified atom stereocenters. The highest BCUT2D eigenvalue weighted by molar-refractivity contribution is 5.32. The number of hydrogen-bond donors (Lipinski definition) is 2. The van der Waals surface area contributed by atoms with Crippen molar-refractivity contribution in [3.63, 3.8) is 0 Å². The van der Waals surface area contributed by atoms with Gasteiger partial charge in [-0.1, -0.05) is 6.08 Å². The van der Waals surface area contributed by atoms with Crippen LogP contribution < -0.4 is 5.73 Å². The number of terminal acetylenes is 1. The third-order valence-corrected chi connectivity index (χ3v) is 0.874. The summed E-state index contributed by atoms with van der Waals surface area (Å²) in [7, 11) is 0. The summed E-state index contributed by atoms with van der Waals surface area (Å²) >= 11 is 0. The molecule has 12 heavy (non-hydrogen) atoms. The highest BCUT2D eigenvalue weighted by Gasteiger charge is 1.83. The third-order valence-electron chi connectivity index (χ3n) is 0.874. The first kappa shape index (κ1) is 13.1. The van der Waals surface area contributed by atoms with Crippen molar-refractivity contribution in [2.45, 2.75) is 0 Å². The Bertz CT molecular complexity index is 208. The maximum Gasteiger partial charge on any atom is 0.0988 e. The monoisotopic (exact) mass is 164 g/mol. The largest absolute Gasteiger partial charge is 0.392 e. The van der Waals surface area contributed by atoms with E-state index < -0.39 is 0 Å². The van der Waals surface area contributed by atoms with Gasteiger partial charge in [0.2, 0.25) is 0 Å². The van der Waals surface area contributed by atoms with E-state index in [1.165, 1.54) is 6.08 Å². The lowest BCUT2D eigenvalue weighted by molar-refractivity contribution is 0.342. The molecule has 0 aliphatic heterocycles. The molecule has 0 spiro atoms. The lowest BCUT2D eigenvalue weighted by Crippen LogP contribution is -1.92. The average Bonchev–Trinajstić information content (AvgIpc) is 2.15. The Morgan fingerprint density at radius 3 is 2.50 bits per heavy atom. The second-order valence-corrected chi connectivity index (χ2v) is 1.59. The van der Waals surface area contributed by atoms with Gasteiger partial charge in [-0.3, -0.25) is 0 Å². The third kappa shape index (κ3) is 8.45. The van der Waals surface area contributed by atoms with Gasteiger partial charge in [0.15, 0.2) is 0 Å². The predicted molar refractivity (Wildman–Crippen MR) is 48.9 cm³/mol. The molecule has 0 saturated carbocycles. The molecule has 0 rings (SSSR count). The van der Waals surface area contributed by atoms with Crippen LogP contribution in [0.15, 0.2) is 23.8 Å². The molecule has 3 nitrogen and oxygen atoms in total. The SMILES string of the molecule is C#C.N#CC(/C=C\CN)=C/CO. The van der Waals surface area contributed by atoms with E-state index in [-0.39, 0.29) is 6.61 Å². The van der Waals surface area contributed by atoms with Crippen molar-refractivity contribution in [2.24, 2.45) is 5.73 Å². The fourth-order valence-electron chi connectivity index (χ4n) is 0.444. The van der Waals surface area contributed by atoms with E-state index in [4.69, 9.17) is 16.1 Å². The summed E-state index contributed by atoms with van der Waals surface area (Å²) in [5.41, 5.74) is 5.58. The first-order valence-electron chi connectivity index (χ1n) is 3.26. The Balaban J connectivity index is 0. The van der Waals surface area contributed by atoms with Crippen molar-refractivity contribution in [3.8, 4) is 18.9 Å². The van der Waals surface area contributed by atoms with Crippen LogP contribution >= 0.6 is 0 Å². The van der Waals surface area contributed by atoms with Crippen molar-refractivity contribution >= 4 is 0 Å². The van der Waals surface area contributed by atoms with Crippen molar-refractivity contribution in [3.05, 3.63) is 23.8 Å². The molecule has 3 N–H and O–H groups in total. The van der Waals surface area contributed by atoms with E-state index >= 15 is 0 Å². The van der Waals surface area contributed by atoms with Gasteiger partial charge in [0.1, 0.15) is 0 Å². The molecule has 3 heteroatoms. The van der Waals surface area contributed by atoms with E-state index in [0.29, 0.717) is 12.1 Å². The molecule has 0 radical (unpaired) electrons. The quantitative estimate of drug-likeness (QED) is 0.355. The summed E-state index contributed by atoms with van der Waals surface area (Å²) < 4.78 is 0. The summed E-state index contributed by atoms with van der Waals surface area (Å²) in [6.07, 6.45) is 12.7. The molecule has 0 aromatic carbocycles. The maximum atomic E-state index is 8.37. The molecular weight excluding hydrogens is 152 g/mol. The number of rotatable bonds is 3. The van der Waals surface area contributed by atoms with Crippen LogP contribution in [0.2, 0.25) is 0 Å². The Kier molecular flexibility index (Phi) is 13.2. The molecule has 0 amide bonds. The molecule has 0 saturated heterocycles. The van der Waals surface area contributed by atoms with Crippen LogP contribution in [0.4, 0.5) is 0 Å². The maximum absolute atomic E-state index is 8.37. The second kappa shape index (κ2) is 12.2. The molecular formula is C9H12N2O. The van der Waals surface area contributed by atoms with Crippen LogP contribution in [0.5, 0.6) is 0 Å². The molecule has 0 fully saturated rings. The first-order valence-corrected chi connectivity index (χ1v) is 3.26. The van der Waals surface area contributed by atoms with E-state index in [2.05, 4.69) is 12.8 Å². The van der Waals surface area contributed by atoms with Crippen molar-refractivity contribution in [2.75, 3.05) is 13.2 Å². The van der Waals surface area contributed by atoms with E-state index in [0.717, 1.165) is 0 Å². The molecule has 0 heterocycles. The fraction of sp³-hybridized carbons (Fsp3) is 0.222. The van der Waals surface area contributed by atoms with Gasteiger partial charge < -0.3 is 10.8 Å². The fourth-order valence-corrected chi connectivity index (χ4v) is 0.444. The minimum Gasteiger partial charge on any atom is -0.392 e. The van der Waals surface area contributed by atoms with Crippen LogP contribution in [0.1, 0.15) is 0 Å². The minimum atomic E-state index is -0.113. The van der Waals surface area contributed by atoms with Crippen LogP contribution in [0, 0.1) is 24.2 Å². The number of nitriles is 1. The average molecular weight is 164 g/mol. The van der Waals surface area contributed by atoms with Crippen molar-refractivity contribution in [1.82, 2.24) is 0 Å². The zero-order chi connectivity index (χ0) is 9.82. The number of allylic oxidation sites excluding steroid dienone is 2. The first-order chi connectivity index (χ1) is 5.85. The van der Waals surface area contributed by atoms with Crippen molar-refractivity contribution < 1.29 is 5.11 Å². The Morgan fingerprint density at radius 2 is 2.17 bits per heavy atom. The topological polar surface area (TPSA) is 70.0 Å². The summed E-state index contributed by atoms with van der Waals surface area (Å²) in [6.45, 7) is 0.294. The Morgan fingerprint density at radius 1 is 1.58 bits per heavy atom. The molecule has 0 aliphatic carbocycles. The molecule has 0 atom stereocenters. The van der Waals surface area contributed by atoms with Gasteiger partial charge in [-0.05, 0) is 12.2 Å². The number of nitrogens with two attached hydrogens (primary N) is 1. The summed E-state index contributed by atoms with van der Waals surface area (Å²) in [4.78, 5) is 0. The summed E-state index contributed by atoms with van der Waals surface area (Å²) in [5, 5.41) is 16.7. The van der Waals surface area contributed by atoms with Crippen LogP contribution in [0.3, 0.4) is 0 Å². The smallest absolute Gasteiger partial charge is 0.0988 e. The standard InChI is InChI=1S/C7H10N2O.C2H2/c8-4-1-2-7(6-9)3-5-10;1-2/h1-3,10H,4-5,8H2;1-2H/b2-1-,7-3+;. The van der Waals surface area contributed by atoms with Crippen LogP contribution in [-0.4, -0.2) is 18.3 Å². The van der Waals surface area contributed by atoms with Gasteiger partial charge in [-0.15, -0.1) is 12.8 Å². The highest BCUT2D eigenvalue weighted by Crippen LogP contribution is 1.92. The van der Waals surface area contributed by atoms with E-state index in [9.17, 15) is 0 Å². The molecule has 0 bridgehead atoms. The van der Waals surface area contributed by atoms with Crippen LogP contribution in [-0.2, 0) is 0 Å². The van der Waals surface area contributed by atoms with Gasteiger partial charge in [0, 0.05) is 12.1 Å². The number of aliphatic hydroxyl groups excluding tert-OH is 1. The zero-order valence-corrected chi connectivity index (χ0v) is 6.77. The van der Waals surface area contributed by atoms with Gasteiger partial charge >= 0.3 is 0 Å². The lowest BCUT2D eigenvalue weighted by atomic mass is 10.2. The number of nitrogens with zero attached hydrogens (tertiary/aromatic N) is 1. The van der Waals surface area contributed by atoms with Gasteiger partial charge in [-0.25, -0.2) is 0 Å². The lowest BCUT2D eigenvalue weighted by Gasteiger charge is -1.84. The van der Waals surface area contributed by atoms with Gasteiger partial charge in [0.25, 0.3) is 0 Å². The molecule has 0 aromatic rings. The summed E-state index contributed by atoms with van der Waals surface area (Å²) in [6, 6.07) is 1.90. The van der Waals surface area contributed by atoms with Crippen molar-refractivity contribution in [1.29, 1.82) is 5.26 Å². The predicted octanol–water partition coefficient (Wildman–Crippen LogP) is 0.193. The number of aliphatic hydroxyl groups is 1. The Hall–Kier alpha value is -1.55. The molecule has 0 aromatic heterocycles. The Labute approximate surface area is 72.8 Å². The van der Waals surface area contributed by atoms with Crippen LogP contribution in [0.25, 0.3) is 0 Å². The molecule has 64 valence electrons. The highest BCUT2D eigenvalue weighted by atomic mass is 16.2. The van der Waals surface area contributed by atoms with Gasteiger partial charge in [0.05, 0.1) is 12.7 Å². The van der Waals surface area contributed by atoms with Gasteiger partial charge in [-0.2, -0.15) is 5.26 Å². The van der Waals surface area contributed by atoms with E-state index in [1.54, 1.807) is 12.2 Å². The number of hydrogen-bond acceptors (Lipinski definition) is 3. The molecule has 0 aliphatic rings. The zero-order valence-electron chi connectivity index (χ0n) is 6.77. The minimum absolute atomic E-state index is 0.113. The normalized spacial score (nSPS) is 10.1. The van der Waals surface area contributed by atoms with E-state index in [1.807, 2.05) is 6.07 Å². The summed E-state index contributed by atoms with van der Waals surface area (Å²) in [5.74, 6) is 0.